The van der Waals surface area contributed by atoms with Gasteiger partial charge in [0.1, 0.15) is 22.3 Å². The van der Waals surface area contributed by atoms with Crippen molar-refractivity contribution in [3.05, 3.63) is 89.6 Å². The fourth-order valence-electron chi connectivity index (χ4n) is 4.11. The highest BCUT2D eigenvalue weighted by Gasteiger charge is 2.18. The lowest BCUT2D eigenvalue weighted by Crippen LogP contribution is -2.41. The minimum absolute atomic E-state index is 0.563. The smallest absolute Gasteiger partial charge is 0.141 e. The number of thiazole rings is 1. The lowest BCUT2D eigenvalue weighted by Gasteiger charge is -2.32. The summed E-state index contributed by atoms with van der Waals surface area (Å²) in [5.41, 5.74) is 3.45. The molecule has 1 aromatic carbocycles. The van der Waals surface area contributed by atoms with Crippen LogP contribution in [0.2, 0.25) is 0 Å². The van der Waals surface area contributed by atoms with E-state index < -0.39 is 0 Å². The van der Waals surface area contributed by atoms with Crippen molar-refractivity contribution in [2.45, 2.75) is 32.0 Å². The molecule has 33 heavy (non-hydrogen) atoms. The number of nitrogens with one attached hydrogen (secondary N) is 2. The molecule has 168 valence electrons. The van der Waals surface area contributed by atoms with Crippen LogP contribution in [0.1, 0.15) is 24.0 Å². The second kappa shape index (κ2) is 10.7. The summed E-state index contributed by atoms with van der Waals surface area (Å²) in [6, 6.07) is 21.3. The molecule has 0 saturated carbocycles. The van der Waals surface area contributed by atoms with Gasteiger partial charge >= 0.3 is 0 Å². The van der Waals surface area contributed by atoms with Gasteiger partial charge in [-0.2, -0.15) is 0 Å². The Kier molecular flexibility index (Phi) is 7.01. The van der Waals surface area contributed by atoms with Crippen LogP contribution in [0.3, 0.4) is 0 Å². The monoisotopic (exact) mass is 456 g/mol. The fraction of sp³-hybridized carbons (Fsp3) is 0.269. The topological polar surface area (TPSA) is 66.0 Å². The van der Waals surface area contributed by atoms with Gasteiger partial charge in [0.05, 0.1) is 0 Å². The molecular weight excluding hydrogens is 428 g/mol. The minimum Gasteiger partial charge on any atom is -0.325 e. The number of hydrogen-bond acceptors (Lipinski definition) is 7. The van der Waals surface area contributed by atoms with E-state index in [1.54, 1.807) is 17.5 Å². The molecule has 0 bridgehead atoms. The van der Waals surface area contributed by atoms with Crippen LogP contribution in [0.15, 0.2) is 78.4 Å². The summed E-state index contributed by atoms with van der Waals surface area (Å²) >= 11 is 1.58. The number of likely N-dealkylation sites (tertiary alicyclic amines) is 1. The first kappa shape index (κ1) is 21.7. The molecule has 7 heteroatoms. The molecule has 0 aliphatic carbocycles. The van der Waals surface area contributed by atoms with Crippen LogP contribution in [0.25, 0.3) is 10.7 Å². The van der Waals surface area contributed by atoms with E-state index in [2.05, 4.69) is 66.9 Å². The van der Waals surface area contributed by atoms with Crippen molar-refractivity contribution in [1.29, 1.82) is 0 Å². The van der Waals surface area contributed by atoms with Crippen LogP contribution in [-0.2, 0) is 13.1 Å². The first-order chi connectivity index (χ1) is 16.3. The van der Waals surface area contributed by atoms with Crippen molar-refractivity contribution in [1.82, 2.24) is 25.2 Å². The molecule has 5 rings (SSSR count). The van der Waals surface area contributed by atoms with Gasteiger partial charge in [0.15, 0.2) is 0 Å². The third-order valence-corrected chi connectivity index (χ3v) is 6.71. The van der Waals surface area contributed by atoms with Crippen molar-refractivity contribution < 1.29 is 0 Å². The van der Waals surface area contributed by atoms with Crippen LogP contribution in [-0.4, -0.2) is 39.0 Å². The van der Waals surface area contributed by atoms with Crippen molar-refractivity contribution in [3.8, 4) is 10.7 Å². The van der Waals surface area contributed by atoms with Crippen molar-refractivity contribution in [2.75, 3.05) is 18.4 Å². The molecule has 1 fully saturated rings. The molecule has 0 spiro atoms. The molecule has 2 N–H and O–H groups in total. The first-order valence-corrected chi connectivity index (χ1v) is 12.3. The Balaban J connectivity index is 1.08. The summed E-state index contributed by atoms with van der Waals surface area (Å²) in [6.45, 7) is 4.17. The Bertz CT molecular complexity index is 1120. The first-order valence-electron chi connectivity index (χ1n) is 11.4. The molecule has 1 aliphatic heterocycles. The Hall–Kier alpha value is -3.13. The largest absolute Gasteiger partial charge is 0.325 e. The van der Waals surface area contributed by atoms with Crippen LogP contribution in [0.4, 0.5) is 11.6 Å². The molecule has 6 nitrogen and oxygen atoms in total. The summed E-state index contributed by atoms with van der Waals surface area (Å²) in [6.07, 6.45) is 6.09. The maximum absolute atomic E-state index is 4.64. The number of nitrogens with zero attached hydrogens (tertiary/aromatic N) is 4. The Labute approximate surface area is 198 Å². The predicted molar refractivity (Wildman–Crippen MR) is 134 cm³/mol. The maximum Gasteiger partial charge on any atom is 0.141 e. The average Bonchev–Trinajstić information content (AvgIpc) is 3.41. The molecule has 0 unspecified atom stereocenters. The summed E-state index contributed by atoms with van der Waals surface area (Å²) in [7, 11) is 0. The maximum atomic E-state index is 4.64. The molecule has 3 aromatic heterocycles. The molecule has 0 amide bonds. The molecule has 4 aromatic rings. The van der Waals surface area contributed by atoms with Gasteiger partial charge in [-0.3, -0.25) is 4.90 Å². The van der Waals surface area contributed by atoms with Gasteiger partial charge < -0.3 is 10.6 Å². The van der Waals surface area contributed by atoms with Crippen LogP contribution >= 0.6 is 11.3 Å². The van der Waals surface area contributed by atoms with E-state index in [-0.39, 0.29) is 0 Å². The van der Waals surface area contributed by atoms with E-state index in [0.717, 1.165) is 48.5 Å². The van der Waals surface area contributed by atoms with Gasteiger partial charge in [-0.15, -0.1) is 11.3 Å². The molecular formula is C26H28N6S. The number of benzene rings is 1. The predicted octanol–water partition coefficient (Wildman–Crippen LogP) is 5.10. The highest BCUT2D eigenvalue weighted by molar-refractivity contribution is 7.13. The van der Waals surface area contributed by atoms with E-state index in [4.69, 9.17) is 0 Å². The van der Waals surface area contributed by atoms with Crippen molar-refractivity contribution in [2.24, 2.45) is 0 Å². The zero-order valence-electron chi connectivity index (χ0n) is 18.5. The van der Waals surface area contributed by atoms with Gasteiger partial charge in [-0.05, 0) is 55.3 Å². The van der Waals surface area contributed by atoms with Crippen molar-refractivity contribution in [3.63, 3.8) is 0 Å². The van der Waals surface area contributed by atoms with E-state index in [1.807, 2.05) is 35.8 Å². The van der Waals surface area contributed by atoms with Crippen LogP contribution in [0.5, 0.6) is 0 Å². The third kappa shape index (κ3) is 6.01. The number of hydrogen-bond donors (Lipinski definition) is 2. The summed E-state index contributed by atoms with van der Waals surface area (Å²) in [4.78, 5) is 16.1. The lowest BCUT2D eigenvalue weighted by atomic mass is 10.0. The van der Waals surface area contributed by atoms with Gasteiger partial charge in [-0.1, -0.05) is 42.5 Å². The van der Waals surface area contributed by atoms with E-state index in [9.17, 15) is 0 Å². The Morgan fingerprint density at radius 2 is 1.76 bits per heavy atom. The van der Waals surface area contributed by atoms with E-state index in [0.29, 0.717) is 6.04 Å². The standard InChI is InChI=1S/C26H28N6S/c1-2-5-20(6-3-1)19-32-14-11-22(12-15-32)28-17-21-9-10-24(29-18-21)31-25-8-4-7-23(30-25)26-27-13-16-33-26/h1-10,13,16,18,22,28H,11-12,14-15,17,19H2,(H,29,30,31). The number of rotatable bonds is 8. The fourth-order valence-corrected chi connectivity index (χ4v) is 4.71. The Morgan fingerprint density at radius 1 is 0.879 bits per heavy atom. The van der Waals surface area contributed by atoms with Gasteiger partial charge in [-0.25, -0.2) is 15.0 Å². The highest BCUT2D eigenvalue weighted by atomic mass is 32.1. The highest BCUT2D eigenvalue weighted by Crippen LogP contribution is 2.22. The number of piperidine rings is 1. The quantitative estimate of drug-likeness (QED) is 0.385. The van der Waals surface area contributed by atoms with Gasteiger partial charge in [0, 0.05) is 36.9 Å². The summed E-state index contributed by atoms with van der Waals surface area (Å²) in [5.74, 6) is 1.56. The number of pyridine rings is 2. The normalized spacial score (nSPS) is 14.9. The van der Waals surface area contributed by atoms with Crippen LogP contribution < -0.4 is 10.6 Å². The molecule has 0 radical (unpaired) electrons. The number of anilines is 2. The zero-order chi connectivity index (χ0) is 22.3. The van der Waals surface area contributed by atoms with Gasteiger partial charge in [0.2, 0.25) is 0 Å². The van der Waals surface area contributed by atoms with Crippen molar-refractivity contribution >= 4 is 23.0 Å². The second-order valence-corrected chi connectivity index (χ2v) is 9.23. The Morgan fingerprint density at radius 3 is 2.52 bits per heavy atom. The summed E-state index contributed by atoms with van der Waals surface area (Å²) in [5, 5.41) is 9.88. The molecule has 1 aliphatic rings. The third-order valence-electron chi connectivity index (χ3n) is 5.91. The zero-order valence-corrected chi connectivity index (χ0v) is 19.3. The van der Waals surface area contributed by atoms with Gasteiger partial charge in [0.25, 0.3) is 0 Å². The SMILES string of the molecule is c1ccc(CN2CCC(NCc3ccc(Nc4cccc(-c5nccs5)n4)nc3)CC2)cc1. The van der Waals surface area contributed by atoms with Crippen LogP contribution in [0, 0.1) is 0 Å². The molecule has 1 saturated heterocycles. The van der Waals surface area contributed by atoms with E-state index in [1.165, 1.54) is 24.0 Å². The number of aromatic nitrogens is 3. The molecule has 0 atom stereocenters. The van der Waals surface area contributed by atoms with E-state index >= 15 is 0 Å². The minimum atomic E-state index is 0.563. The second-order valence-electron chi connectivity index (χ2n) is 8.34. The summed E-state index contributed by atoms with van der Waals surface area (Å²) < 4.78 is 0. The average molecular weight is 457 g/mol. The lowest BCUT2D eigenvalue weighted by molar-refractivity contribution is 0.190. The molecule has 4 heterocycles.